The molecule has 0 bridgehead atoms. The molecule has 0 spiro atoms. The van der Waals surface area contributed by atoms with Gasteiger partial charge < -0.3 is 9.47 Å². The van der Waals surface area contributed by atoms with Gasteiger partial charge >= 0.3 is 0 Å². The largest absolute Gasteiger partial charge is 0.494 e. The van der Waals surface area contributed by atoms with Gasteiger partial charge in [-0.1, -0.05) is 170 Å². The first kappa shape index (κ1) is 108. The number of halogens is 9. The normalized spacial score (nSPS) is 9.26. The van der Waals surface area contributed by atoms with E-state index in [0.29, 0.717) is 81.7 Å². The SMILES string of the molecule is CCCCOc1ccc(N=C=O)cc1.CCc1cccc(C(C)C)c1N=C=O.COc1c(Cl)cccc1N=C=O.Cc1c(Cl)cccc1N=C=O.Cc1cc(Br)cc(C)c1N=C=O.Cc1cc(Br)ccc1N=C=O.Cc1cccc(C(C)(C)C)c1N=C=O.N#Cc1ccc(N=C=O)cc1.O=C=Nc1c(Br)cc(F)cc1Br.O=C=Nc1ccc(F)c(Cl)c1. The maximum Gasteiger partial charge on any atom is 0.240 e. The maximum atomic E-state index is 12.6. The summed E-state index contributed by atoms with van der Waals surface area (Å²) in [5, 5.41) is 9.38. The van der Waals surface area contributed by atoms with Gasteiger partial charge in [0.2, 0.25) is 60.8 Å². The number of hydrogen-bond donors (Lipinski definition) is 0. The van der Waals surface area contributed by atoms with Crippen molar-refractivity contribution >= 4 is 216 Å². The molecule has 0 radical (unpaired) electrons. The second-order valence-electron chi connectivity index (χ2n) is 25.3. The summed E-state index contributed by atoms with van der Waals surface area (Å²) >= 11 is 29.7. The van der Waals surface area contributed by atoms with Crippen LogP contribution >= 0.6 is 98.5 Å². The molecule has 32 heteroatoms. The van der Waals surface area contributed by atoms with Gasteiger partial charge in [0.25, 0.3) is 0 Å². The van der Waals surface area contributed by atoms with Crippen molar-refractivity contribution in [2.75, 3.05) is 13.7 Å². The number of aliphatic imine (C=N–C) groups is 10. The van der Waals surface area contributed by atoms with Crippen molar-refractivity contribution < 1.29 is 66.2 Å². The van der Waals surface area contributed by atoms with Crippen molar-refractivity contribution in [1.82, 2.24) is 0 Å². The number of benzene rings is 10. The number of carbonyl (C=O) groups excluding carboxylic acids is 10. The highest BCUT2D eigenvalue weighted by Crippen LogP contribution is 2.38. The van der Waals surface area contributed by atoms with Gasteiger partial charge in [0, 0.05) is 22.9 Å². The highest BCUT2D eigenvalue weighted by atomic mass is 79.9. The molecule has 0 amide bonds. The van der Waals surface area contributed by atoms with E-state index >= 15 is 0 Å². The van der Waals surface area contributed by atoms with E-state index < -0.39 is 11.6 Å². The standard InChI is InChI=1S/2C12H15NO.C11H13NO2.C9H8BrNO.C8H6BrNO.C8H6ClNO2.C8H6ClNO.C8H4N2O.C7H2Br2FNO.C7H3ClFNO/c1-9-6-5-7-10(12(2,3)4)11(9)13-8-14;1-4-10-6-5-7-11(9(2)3)12(10)13-8-14;1-2-3-8-14-11-6-4-10(5-7-11)12-9-13;1-6-3-8(10)4-7(2)9(6)11-5-12;1-6-4-7(9)2-3-8(6)10-5-11;1-12-8-6(9)3-2-4-7(8)10-5-11;1-6-7(9)3-2-4-8(6)10-5-11;9-5-7-1-3-8(4-2-7)10-6-11;8-5-1-4(10)2-6(9)7(5)11-3-12;8-6-3-5(10-4-11)1-2-7(6)9/h5-7H,1-4H3;5-7,9H,4H2,1-3H3;4-7H,2-3,8H2,1H3;3-4H,1-2H3;2-4H,1H3;2-4H,1H3;2-4H,1H3;1-4H;1-2H;1-3H. The number of nitrogens with zero attached hydrogens (tertiary/aromatic N) is 11. The van der Waals surface area contributed by atoms with E-state index in [-0.39, 0.29) is 10.4 Å². The molecule has 628 valence electrons. The third kappa shape index (κ3) is 41.1. The van der Waals surface area contributed by atoms with Gasteiger partial charge in [-0.25, -0.2) is 56.7 Å². The predicted molar refractivity (Wildman–Crippen MR) is 486 cm³/mol. The van der Waals surface area contributed by atoms with Crippen LogP contribution in [0.1, 0.15) is 117 Å². The van der Waals surface area contributed by atoms with E-state index in [1.54, 1.807) is 116 Å². The molecular weight excluding hydrogens is 1890 g/mol. The summed E-state index contributed by atoms with van der Waals surface area (Å²) in [7, 11) is 1.46. The number of isocyanates is 10. The lowest BCUT2D eigenvalue weighted by Crippen LogP contribution is -2.11. The molecule has 0 saturated carbocycles. The van der Waals surface area contributed by atoms with Crippen molar-refractivity contribution in [3.63, 3.8) is 0 Å². The quantitative estimate of drug-likeness (QED) is 0.0465. The van der Waals surface area contributed by atoms with Gasteiger partial charge in [-0.15, -0.1) is 0 Å². The molecule has 0 heterocycles. The number of para-hydroxylation sites is 3. The molecule has 0 aliphatic heterocycles. The Balaban J connectivity index is 0.000000679. The summed E-state index contributed by atoms with van der Waals surface area (Å²) in [6.45, 7) is 24.9. The molecule has 10 rings (SSSR count). The number of methoxy groups -OCH3 is 1. The molecule has 0 aliphatic carbocycles. The van der Waals surface area contributed by atoms with Crippen LogP contribution < -0.4 is 9.47 Å². The minimum Gasteiger partial charge on any atom is -0.494 e. The molecule has 23 nitrogen and oxygen atoms in total. The molecule has 0 aliphatic rings. The number of unbranched alkanes of at least 4 members (excludes halogenated alkanes) is 1. The summed E-state index contributed by atoms with van der Waals surface area (Å²) in [6.07, 6.45) is 17.8. The Labute approximate surface area is 753 Å². The Kier molecular flexibility index (Phi) is 54.0. The van der Waals surface area contributed by atoms with Crippen LogP contribution in [0.15, 0.2) is 250 Å². The Hall–Kier alpha value is -12.3. The maximum absolute atomic E-state index is 12.6. The van der Waals surface area contributed by atoms with Crippen LogP contribution in [0, 0.1) is 57.6 Å². The van der Waals surface area contributed by atoms with Gasteiger partial charge in [-0.2, -0.15) is 55.2 Å². The van der Waals surface area contributed by atoms with Gasteiger partial charge in [0.15, 0.2) is 5.75 Å². The van der Waals surface area contributed by atoms with E-state index in [1.165, 1.54) is 73.9 Å². The van der Waals surface area contributed by atoms with Crippen LogP contribution in [0.5, 0.6) is 11.5 Å². The van der Waals surface area contributed by atoms with E-state index in [0.717, 1.165) is 103 Å². The highest BCUT2D eigenvalue weighted by molar-refractivity contribution is 9.11. The van der Waals surface area contributed by atoms with Crippen LogP contribution in [-0.2, 0) is 59.8 Å². The van der Waals surface area contributed by atoms with Crippen molar-refractivity contribution in [3.8, 4) is 17.6 Å². The fourth-order valence-electron chi connectivity index (χ4n) is 9.49. The summed E-state index contributed by atoms with van der Waals surface area (Å²) in [6, 6.07) is 53.0. The summed E-state index contributed by atoms with van der Waals surface area (Å²) < 4.78 is 38.3. The van der Waals surface area contributed by atoms with E-state index in [1.807, 2.05) is 94.4 Å². The van der Waals surface area contributed by atoms with Gasteiger partial charge in [0.05, 0.1) is 80.9 Å². The molecule has 0 unspecified atom stereocenters. The number of nitriles is 1. The first-order valence-electron chi connectivity index (χ1n) is 35.7. The topological polar surface area (TPSA) is 337 Å². The van der Waals surface area contributed by atoms with E-state index in [9.17, 15) is 56.7 Å². The zero-order valence-corrected chi connectivity index (χ0v) is 76.6. The third-order valence-corrected chi connectivity index (χ3v) is 18.5. The van der Waals surface area contributed by atoms with Crippen LogP contribution in [0.25, 0.3) is 0 Å². The molecule has 10 aromatic carbocycles. The number of rotatable bonds is 17. The highest BCUT2D eigenvalue weighted by Gasteiger charge is 2.19. The van der Waals surface area contributed by atoms with Crippen LogP contribution in [0.3, 0.4) is 0 Å². The Morgan fingerprint density at radius 3 is 1.39 bits per heavy atom. The van der Waals surface area contributed by atoms with Crippen molar-refractivity contribution in [2.24, 2.45) is 49.9 Å². The Morgan fingerprint density at radius 1 is 0.443 bits per heavy atom. The van der Waals surface area contributed by atoms with Gasteiger partial charge in [-0.3, -0.25) is 0 Å². The number of hydrogen-bond acceptors (Lipinski definition) is 23. The molecule has 0 aromatic heterocycles. The van der Waals surface area contributed by atoms with E-state index in [4.69, 9.17) is 49.5 Å². The number of ether oxygens (including phenoxy) is 2. The minimum absolute atomic E-state index is 0.00169. The molecule has 0 fully saturated rings. The summed E-state index contributed by atoms with van der Waals surface area (Å²) in [5.74, 6) is 0.648. The summed E-state index contributed by atoms with van der Waals surface area (Å²) in [4.78, 5) is 135. The van der Waals surface area contributed by atoms with Gasteiger partial charge in [-0.05, 0) is 269 Å². The molecule has 0 atom stereocenters. The Bertz CT molecular complexity index is 5580. The molecular formula is C90H78Br4Cl3F2N11O12. The molecule has 122 heavy (non-hydrogen) atoms. The van der Waals surface area contributed by atoms with Crippen LogP contribution in [-0.4, -0.2) is 74.5 Å². The molecule has 0 saturated heterocycles. The second kappa shape index (κ2) is 61.1. The monoisotopic (exact) mass is 1960 g/mol. The average molecular weight is 1970 g/mol. The van der Waals surface area contributed by atoms with Crippen molar-refractivity contribution in [2.45, 2.75) is 114 Å². The van der Waals surface area contributed by atoms with Crippen molar-refractivity contribution in [1.29, 1.82) is 5.26 Å². The van der Waals surface area contributed by atoms with E-state index in [2.05, 4.69) is 162 Å². The lowest BCUT2D eigenvalue weighted by Gasteiger charge is -2.21. The summed E-state index contributed by atoms with van der Waals surface area (Å²) in [5.41, 5.74) is 14.3. The molecule has 10 aromatic rings. The van der Waals surface area contributed by atoms with Crippen LogP contribution in [0.2, 0.25) is 15.1 Å². The first-order chi connectivity index (χ1) is 58.2. The van der Waals surface area contributed by atoms with Crippen molar-refractivity contribution in [3.05, 3.63) is 277 Å². The Morgan fingerprint density at radius 2 is 0.902 bits per heavy atom. The minimum atomic E-state index is -0.531. The van der Waals surface area contributed by atoms with Gasteiger partial charge in [0.1, 0.15) is 28.8 Å². The first-order valence-corrected chi connectivity index (χ1v) is 40.0. The predicted octanol–water partition coefficient (Wildman–Crippen LogP) is 27.4. The number of aryl methyl sites for hydroxylation is 5. The fourth-order valence-corrected chi connectivity index (χ4v) is 12.5. The smallest absolute Gasteiger partial charge is 0.240 e. The zero-order chi connectivity index (χ0) is 91.7. The third-order valence-electron chi connectivity index (χ3n) is 15.3. The lowest BCUT2D eigenvalue weighted by molar-refractivity contribution is 0.309. The zero-order valence-electron chi connectivity index (χ0n) is 67.9. The molecule has 0 N–H and O–H groups in total. The lowest BCUT2D eigenvalue weighted by atomic mass is 9.85. The average Bonchev–Trinajstić information content (AvgIpc) is 0.826. The second-order valence-corrected chi connectivity index (χ2v) is 30.0. The fraction of sp³-hybridized carbons (Fsp3) is 0.211. The van der Waals surface area contributed by atoms with Crippen LogP contribution in [0.4, 0.5) is 65.7 Å².